The van der Waals surface area contributed by atoms with Gasteiger partial charge in [-0.2, -0.15) is 0 Å². The topological polar surface area (TPSA) is 82.3 Å². The summed E-state index contributed by atoms with van der Waals surface area (Å²) in [6.07, 6.45) is 3.55. The fourth-order valence-corrected chi connectivity index (χ4v) is 4.65. The van der Waals surface area contributed by atoms with Crippen molar-refractivity contribution in [2.75, 3.05) is 20.3 Å². The number of pyridine rings is 1. The lowest BCUT2D eigenvalue weighted by atomic mass is 10.2. The van der Waals surface area contributed by atoms with E-state index < -0.39 is 14.3 Å². The lowest BCUT2D eigenvalue weighted by Gasteiger charge is -2.36. The van der Waals surface area contributed by atoms with Gasteiger partial charge in [0.15, 0.2) is 13.2 Å². The van der Waals surface area contributed by atoms with Crippen LogP contribution in [-0.4, -0.2) is 49.1 Å². The van der Waals surface area contributed by atoms with Gasteiger partial charge in [-0.1, -0.05) is 20.8 Å². The minimum atomic E-state index is -1.80. The molecular weight excluding hydrogens is 420 g/mol. The second kappa shape index (κ2) is 8.41. The average molecular weight is 449 g/mol. The largest absolute Gasteiger partial charge is 0.506 e. The van der Waals surface area contributed by atoms with Gasteiger partial charge in [-0.15, -0.1) is 11.3 Å². The molecule has 162 valence electrons. The van der Waals surface area contributed by atoms with Crippen LogP contribution >= 0.6 is 11.3 Å². The molecule has 0 radical (unpaired) electrons. The van der Waals surface area contributed by atoms with E-state index in [-0.39, 0.29) is 15.7 Å². The Morgan fingerprint density at radius 2 is 2.00 bits per heavy atom. The highest BCUT2D eigenvalue weighted by molar-refractivity contribution is 7.17. The quantitative estimate of drug-likeness (QED) is 0.313. The molecule has 0 bridgehead atoms. The van der Waals surface area contributed by atoms with Gasteiger partial charge in [-0.3, -0.25) is 4.40 Å². The number of fused-ring (bicyclic) bond motifs is 1. The molecule has 0 aliphatic rings. The van der Waals surface area contributed by atoms with Crippen molar-refractivity contribution in [3.8, 4) is 22.1 Å². The van der Waals surface area contributed by atoms with Crippen LogP contribution in [0, 0.1) is 0 Å². The zero-order chi connectivity index (χ0) is 22.1. The van der Waals surface area contributed by atoms with Gasteiger partial charge in [0.05, 0.1) is 36.7 Å². The van der Waals surface area contributed by atoms with Crippen LogP contribution in [0.2, 0.25) is 18.1 Å². The summed E-state index contributed by atoms with van der Waals surface area (Å²) in [6.45, 7) is 12.1. The second-order valence-electron chi connectivity index (χ2n) is 8.51. The summed E-state index contributed by atoms with van der Waals surface area (Å²) < 4.78 is 18.6. The first-order chi connectivity index (χ1) is 14.0. The van der Waals surface area contributed by atoms with E-state index >= 15 is 0 Å². The molecule has 0 saturated heterocycles. The molecule has 0 atom stereocenters. The molecule has 3 heterocycles. The van der Waals surface area contributed by atoms with Gasteiger partial charge >= 0.3 is 5.97 Å². The van der Waals surface area contributed by atoms with Crippen molar-refractivity contribution in [3.05, 3.63) is 35.5 Å². The number of carbonyl (C=O) groups excluding carboxylic acids is 1. The van der Waals surface area contributed by atoms with Crippen molar-refractivity contribution < 1.29 is 23.8 Å². The van der Waals surface area contributed by atoms with E-state index in [0.717, 1.165) is 22.7 Å². The minimum Gasteiger partial charge on any atom is -0.506 e. The number of rotatable bonds is 7. The minimum absolute atomic E-state index is 0.105. The zero-order valence-corrected chi connectivity index (χ0v) is 20.0. The number of ether oxygens (including phenoxy) is 2. The maximum atomic E-state index is 11.8. The van der Waals surface area contributed by atoms with Crippen molar-refractivity contribution in [2.45, 2.75) is 38.9 Å². The molecular formula is C21H28N2O5SSi. The number of thiophene rings is 1. The highest BCUT2D eigenvalue weighted by Gasteiger charge is 2.36. The molecule has 0 spiro atoms. The Bertz CT molecular complexity index is 1050. The van der Waals surface area contributed by atoms with Crippen LogP contribution in [0.5, 0.6) is 11.5 Å². The highest BCUT2D eigenvalue weighted by Crippen LogP contribution is 2.37. The summed E-state index contributed by atoms with van der Waals surface area (Å²) >= 11 is 1.16. The highest BCUT2D eigenvalue weighted by atomic mass is 32.1. The van der Waals surface area contributed by atoms with Crippen LogP contribution < -0.4 is 4.74 Å². The predicted molar refractivity (Wildman–Crippen MR) is 120 cm³/mol. The molecule has 7 nitrogen and oxygen atoms in total. The van der Waals surface area contributed by atoms with Gasteiger partial charge in [0.25, 0.3) is 0 Å². The number of hydrogen-bond acceptors (Lipinski definition) is 7. The SMILES string of the molecule is COC(=O)c1sc(-c2cnc3ccc(OCCO[Si](C)(C)C(C)(C)C)cn23)cc1O. The van der Waals surface area contributed by atoms with Crippen molar-refractivity contribution in [1.82, 2.24) is 9.38 Å². The van der Waals surface area contributed by atoms with E-state index in [1.165, 1.54) is 7.11 Å². The van der Waals surface area contributed by atoms with Gasteiger partial charge < -0.3 is 19.0 Å². The number of aromatic nitrogens is 2. The van der Waals surface area contributed by atoms with E-state index in [9.17, 15) is 9.90 Å². The van der Waals surface area contributed by atoms with Gasteiger partial charge in [0.2, 0.25) is 0 Å². The third-order valence-corrected chi connectivity index (χ3v) is 11.1. The van der Waals surface area contributed by atoms with Gasteiger partial charge in [-0.25, -0.2) is 9.78 Å². The Hall–Kier alpha value is -2.36. The van der Waals surface area contributed by atoms with Crippen LogP contribution in [0.4, 0.5) is 0 Å². The standard InChI is InChI=1S/C21H28N2O5SSi/c1-21(2,3)30(5,6)28-10-9-27-14-7-8-18-22-12-15(23(18)13-14)17-11-16(24)19(29-17)20(25)26-4/h7-8,11-13,24H,9-10H2,1-6H3. The fraction of sp³-hybridized carbons (Fsp3) is 0.429. The van der Waals surface area contributed by atoms with E-state index in [1.54, 1.807) is 12.3 Å². The van der Waals surface area contributed by atoms with Crippen LogP contribution in [0.25, 0.3) is 16.2 Å². The summed E-state index contributed by atoms with van der Waals surface area (Å²) in [5.74, 6) is 0.0184. The van der Waals surface area contributed by atoms with Gasteiger partial charge in [-0.05, 0) is 30.3 Å². The third kappa shape index (κ3) is 4.53. The molecule has 30 heavy (non-hydrogen) atoms. The maximum Gasteiger partial charge on any atom is 0.351 e. The number of esters is 1. The van der Waals surface area contributed by atoms with E-state index in [4.69, 9.17) is 13.9 Å². The van der Waals surface area contributed by atoms with Gasteiger partial charge in [0.1, 0.15) is 23.8 Å². The first-order valence-electron chi connectivity index (χ1n) is 9.69. The summed E-state index contributed by atoms with van der Waals surface area (Å²) in [5.41, 5.74) is 1.49. The fourth-order valence-electron chi connectivity index (χ4n) is 2.65. The van der Waals surface area contributed by atoms with Crippen LogP contribution in [-0.2, 0) is 9.16 Å². The van der Waals surface area contributed by atoms with Crippen LogP contribution in [0.3, 0.4) is 0 Å². The molecule has 0 aromatic carbocycles. The Kier molecular flexibility index (Phi) is 6.26. The number of hydrogen-bond donors (Lipinski definition) is 1. The molecule has 0 aliphatic heterocycles. The molecule has 0 fully saturated rings. The molecule has 0 amide bonds. The number of aromatic hydroxyl groups is 1. The predicted octanol–water partition coefficient (Wildman–Crippen LogP) is 4.96. The lowest BCUT2D eigenvalue weighted by Crippen LogP contribution is -2.41. The number of carbonyl (C=O) groups is 1. The molecule has 0 saturated carbocycles. The summed E-state index contributed by atoms with van der Waals surface area (Å²) in [7, 11) is -0.514. The Morgan fingerprint density at radius 1 is 1.27 bits per heavy atom. The first-order valence-corrected chi connectivity index (χ1v) is 13.4. The molecule has 9 heteroatoms. The Morgan fingerprint density at radius 3 is 2.67 bits per heavy atom. The smallest absolute Gasteiger partial charge is 0.351 e. The van der Waals surface area contributed by atoms with Crippen molar-refractivity contribution in [1.29, 1.82) is 0 Å². The number of methoxy groups -OCH3 is 1. The molecule has 1 N–H and O–H groups in total. The van der Waals surface area contributed by atoms with Crippen LogP contribution in [0.15, 0.2) is 30.6 Å². The maximum absolute atomic E-state index is 11.8. The lowest BCUT2D eigenvalue weighted by molar-refractivity contribution is 0.0603. The Labute approximate surface area is 181 Å². The molecule has 0 aliphatic carbocycles. The normalized spacial score (nSPS) is 12.3. The Balaban J connectivity index is 1.75. The molecule has 3 aromatic rings. The number of nitrogens with zero attached hydrogens (tertiary/aromatic N) is 2. The van der Waals surface area contributed by atoms with E-state index in [1.807, 2.05) is 22.7 Å². The molecule has 3 rings (SSSR count). The molecule has 3 aromatic heterocycles. The summed E-state index contributed by atoms with van der Waals surface area (Å²) in [4.78, 5) is 17.1. The second-order valence-corrected chi connectivity index (χ2v) is 14.4. The van der Waals surface area contributed by atoms with Crippen LogP contribution in [0.1, 0.15) is 30.4 Å². The van der Waals surface area contributed by atoms with E-state index in [0.29, 0.717) is 23.8 Å². The van der Waals surface area contributed by atoms with Crippen molar-refractivity contribution in [3.63, 3.8) is 0 Å². The summed E-state index contributed by atoms with van der Waals surface area (Å²) in [5, 5.41) is 10.2. The zero-order valence-electron chi connectivity index (χ0n) is 18.2. The van der Waals surface area contributed by atoms with E-state index in [2.05, 4.69) is 38.8 Å². The van der Waals surface area contributed by atoms with Gasteiger partial charge in [0, 0.05) is 6.07 Å². The molecule has 0 unspecified atom stereocenters. The summed E-state index contributed by atoms with van der Waals surface area (Å²) in [6, 6.07) is 5.27. The van der Waals surface area contributed by atoms with Crippen molar-refractivity contribution in [2.24, 2.45) is 0 Å². The third-order valence-electron chi connectivity index (χ3n) is 5.44. The number of imidazole rings is 1. The van der Waals surface area contributed by atoms with Crippen molar-refractivity contribution >= 4 is 31.3 Å². The first kappa shape index (κ1) is 22.3. The monoisotopic (exact) mass is 448 g/mol. The average Bonchev–Trinajstić information content (AvgIpc) is 3.26.